The molecule has 4 aromatic heterocycles. The van der Waals surface area contributed by atoms with Crippen LogP contribution < -0.4 is 5.32 Å². The minimum Gasteiger partial charge on any atom is -0.344 e. The smallest absolute Gasteiger partial charge is 0.344 e. The largest absolute Gasteiger partial charge is 0.433 e. The Balaban J connectivity index is 1.75. The lowest BCUT2D eigenvalue weighted by atomic mass is 10.1. The molecule has 4 heterocycles. The van der Waals surface area contributed by atoms with E-state index in [1.54, 1.807) is 29.1 Å². The molecule has 0 radical (unpaired) electrons. The highest BCUT2D eigenvalue weighted by molar-refractivity contribution is 7.13. The minimum atomic E-state index is -4.73. The quantitative estimate of drug-likeness (QED) is 0.427. The van der Waals surface area contributed by atoms with Crippen LogP contribution in [0.5, 0.6) is 0 Å². The summed E-state index contributed by atoms with van der Waals surface area (Å²) in [4.78, 5) is 17.7. The van der Waals surface area contributed by atoms with Crippen LogP contribution in [0.15, 0.2) is 29.8 Å². The van der Waals surface area contributed by atoms with Crippen molar-refractivity contribution in [1.29, 1.82) is 0 Å². The van der Waals surface area contributed by atoms with Crippen molar-refractivity contribution in [3.05, 3.63) is 57.4 Å². The first-order chi connectivity index (χ1) is 15.1. The van der Waals surface area contributed by atoms with Gasteiger partial charge < -0.3 is 5.32 Å². The number of hydrogen-bond acceptors (Lipinski definition) is 5. The maximum Gasteiger partial charge on any atom is 0.433 e. The van der Waals surface area contributed by atoms with Crippen molar-refractivity contribution in [1.82, 2.24) is 29.7 Å². The van der Waals surface area contributed by atoms with Crippen molar-refractivity contribution in [2.45, 2.75) is 39.5 Å². The molecule has 0 aromatic carbocycles. The van der Waals surface area contributed by atoms with E-state index in [0.717, 1.165) is 17.3 Å². The number of nitrogens with zero attached hydrogens (tertiary/aromatic N) is 5. The maximum atomic E-state index is 13.8. The summed E-state index contributed by atoms with van der Waals surface area (Å²) in [6.07, 6.45) is -2.92. The summed E-state index contributed by atoms with van der Waals surface area (Å²) < 4.78 is 43.6. The van der Waals surface area contributed by atoms with Crippen LogP contribution in [0.3, 0.4) is 0 Å². The fourth-order valence-corrected chi connectivity index (χ4v) is 4.28. The van der Waals surface area contributed by atoms with Gasteiger partial charge >= 0.3 is 6.18 Å². The standard InChI is InChI=1S/C20H18ClF3N6OS/c1-4-29-9-12(11(3)27-29)10(2)25-19(31)17-16(21)18-26-13(14-6-5-7-32-14)8-15(20(22,23)24)30(18)28-17/h5-10H,4H2,1-3H3,(H,25,31). The number of fused-ring (bicyclic) bond motifs is 1. The van der Waals surface area contributed by atoms with E-state index < -0.39 is 23.8 Å². The maximum absolute atomic E-state index is 13.8. The number of aryl methyl sites for hydroxylation is 2. The summed E-state index contributed by atoms with van der Waals surface area (Å²) in [5, 5.41) is 12.4. The minimum absolute atomic E-state index is 0.101. The predicted octanol–water partition coefficient (Wildman–Crippen LogP) is 5.15. The number of nitrogens with one attached hydrogen (secondary N) is 1. The lowest BCUT2D eigenvalue weighted by molar-refractivity contribution is -0.142. The molecule has 32 heavy (non-hydrogen) atoms. The number of hydrogen-bond donors (Lipinski definition) is 1. The number of carbonyl (C=O) groups is 1. The van der Waals surface area contributed by atoms with Gasteiger partial charge in [-0.15, -0.1) is 11.3 Å². The number of halogens is 4. The van der Waals surface area contributed by atoms with Crippen molar-refractivity contribution in [2.75, 3.05) is 0 Å². The zero-order chi connectivity index (χ0) is 23.2. The first kappa shape index (κ1) is 22.3. The third-order valence-corrected chi connectivity index (χ3v) is 6.17. The second kappa shape index (κ2) is 8.21. The van der Waals surface area contributed by atoms with Gasteiger partial charge in [0.1, 0.15) is 5.02 Å². The lowest BCUT2D eigenvalue weighted by Crippen LogP contribution is -2.27. The molecule has 0 aliphatic heterocycles. The molecule has 1 amide bonds. The number of thiophene rings is 1. The van der Waals surface area contributed by atoms with Crippen molar-refractivity contribution in [2.24, 2.45) is 0 Å². The van der Waals surface area contributed by atoms with Crippen LogP contribution in [-0.2, 0) is 12.7 Å². The van der Waals surface area contributed by atoms with Crippen LogP contribution in [0.1, 0.15) is 47.3 Å². The van der Waals surface area contributed by atoms with Crippen LogP contribution in [-0.4, -0.2) is 30.3 Å². The van der Waals surface area contributed by atoms with Gasteiger partial charge in [-0.2, -0.15) is 23.4 Å². The summed E-state index contributed by atoms with van der Waals surface area (Å²) in [5.41, 5.74) is -0.0147. The lowest BCUT2D eigenvalue weighted by Gasteiger charge is -2.12. The summed E-state index contributed by atoms with van der Waals surface area (Å²) in [6, 6.07) is 3.80. The van der Waals surface area contributed by atoms with Crippen LogP contribution in [0, 0.1) is 6.92 Å². The molecular weight excluding hydrogens is 465 g/mol. The second-order valence-corrected chi connectivity index (χ2v) is 8.45. The normalized spacial score (nSPS) is 13.0. The Morgan fingerprint density at radius 3 is 2.69 bits per heavy atom. The van der Waals surface area contributed by atoms with E-state index in [0.29, 0.717) is 15.9 Å². The third-order valence-electron chi connectivity index (χ3n) is 4.93. The molecule has 1 N–H and O–H groups in total. The number of alkyl halides is 3. The van der Waals surface area contributed by atoms with Crippen molar-refractivity contribution in [3.8, 4) is 10.6 Å². The molecule has 0 bridgehead atoms. The van der Waals surface area contributed by atoms with Gasteiger partial charge in [0.05, 0.1) is 22.3 Å². The number of amides is 1. The number of rotatable bonds is 5. The number of carbonyl (C=O) groups excluding carboxylic acids is 1. The summed E-state index contributed by atoms with van der Waals surface area (Å²) in [6.45, 7) is 6.16. The molecule has 4 aromatic rings. The number of aromatic nitrogens is 5. The Hall–Kier alpha value is -2.92. The average molecular weight is 483 g/mol. The Bertz CT molecular complexity index is 1300. The molecule has 12 heteroatoms. The van der Waals surface area contributed by atoms with Gasteiger partial charge in [-0.05, 0) is 38.3 Å². The van der Waals surface area contributed by atoms with E-state index >= 15 is 0 Å². The predicted molar refractivity (Wildman–Crippen MR) is 115 cm³/mol. The molecule has 1 unspecified atom stereocenters. The monoisotopic (exact) mass is 482 g/mol. The van der Waals surface area contributed by atoms with Gasteiger partial charge in [0, 0.05) is 18.3 Å². The summed E-state index contributed by atoms with van der Waals surface area (Å²) in [7, 11) is 0. The highest BCUT2D eigenvalue weighted by Gasteiger charge is 2.37. The molecule has 0 saturated heterocycles. The van der Waals surface area contributed by atoms with E-state index in [1.807, 2.05) is 20.0 Å². The Morgan fingerprint density at radius 1 is 1.34 bits per heavy atom. The van der Waals surface area contributed by atoms with Crippen LogP contribution >= 0.6 is 22.9 Å². The molecule has 0 aliphatic carbocycles. The molecule has 168 valence electrons. The van der Waals surface area contributed by atoms with Gasteiger partial charge in [0.25, 0.3) is 5.91 Å². The van der Waals surface area contributed by atoms with Crippen molar-refractivity contribution in [3.63, 3.8) is 0 Å². The van der Waals surface area contributed by atoms with Gasteiger partial charge in [-0.25, -0.2) is 9.50 Å². The van der Waals surface area contributed by atoms with Gasteiger partial charge in [-0.3, -0.25) is 9.48 Å². The molecule has 1 atom stereocenters. The van der Waals surface area contributed by atoms with Crippen LogP contribution in [0.25, 0.3) is 16.2 Å². The first-order valence-corrected chi connectivity index (χ1v) is 10.9. The first-order valence-electron chi connectivity index (χ1n) is 9.65. The molecule has 4 rings (SSSR count). The highest BCUT2D eigenvalue weighted by Crippen LogP contribution is 2.35. The van der Waals surface area contributed by atoms with E-state index in [9.17, 15) is 18.0 Å². The van der Waals surface area contributed by atoms with E-state index in [2.05, 4.69) is 20.5 Å². The molecule has 0 saturated carbocycles. The molecule has 0 spiro atoms. The van der Waals surface area contributed by atoms with Gasteiger partial charge in [-0.1, -0.05) is 17.7 Å². The Labute approximate surface area is 189 Å². The molecule has 0 aliphatic rings. The SMILES string of the molecule is CCn1cc(C(C)NC(=O)c2nn3c(C(F)(F)F)cc(-c4cccs4)nc3c2Cl)c(C)n1. The third kappa shape index (κ3) is 3.97. The van der Waals surface area contributed by atoms with Gasteiger partial charge in [0.15, 0.2) is 17.0 Å². The van der Waals surface area contributed by atoms with Crippen molar-refractivity contribution < 1.29 is 18.0 Å². The van der Waals surface area contributed by atoms with E-state index in [4.69, 9.17) is 11.6 Å². The molecular formula is C20H18ClF3N6OS. The topological polar surface area (TPSA) is 77.1 Å². The van der Waals surface area contributed by atoms with E-state index in [1.165, 1.54) is 11.3 Å². The van der Waals surface area contributed by atoms with Gasteiger partial charge in [0.2, 0.25) is 0 Å². The molecule has 0 fully saturated rings. The summed E-state index contributed by atoms with van der Waals surface area (Å²) >= 11 is 7.55. The van der Waals surface area contributed by atoms with Crippen LogP contribution in [0.2, 0.25) is 5.02 Å². The molecule has 7 nitrogen and oxygen atoms in total. The summed E-state index contributed by atoms with van der Waals surface area (Å²) in [5.74, 6) is -0.706. The van der Waals surface area contributed by atoms with E-state index in [-0.39, 0.29) is 22.1 Å². The van der Waals surface area contributed by atoms with Crippen molar-refractivity contribution >= 4 is 34.5 Å². The fraction of sp³-hybridized carbons (Fsp3) is 0.300. The Morgan fingerprint density at radius 2 is 2.09 bits per heavy atom. The Kier molecular flexibility index (Phi) is 5.72. The fourth-order valence-electron chi connectivity index (χ4n) is 3.35. The highest BCUT2D eigenvalue weighted by atomic mass is 35.5. The zero-order valence-corrected chi connectivity index (χ0v) is 18.8. The average Bonchev–Trinajstić information content (AvgIpc) is 3.46. The second-order valence-electron chi connectivity index (χ2n) is 7.12. The van der Waals surface area contributed by atoms with Crippen LogP contribution in [0.4, 0.5) is 13.2 Å². The zero-order valence-electron chi connectivity index (χ0n) is 17.2.